The van der Waals surface area contributed by atoms with Gasteiger partial charge in [-0.15, -0.1) is 0 Å². The van der Waals surface area contributed by atoms with Crippen LogP contribution in [0.2, 0.25) is 0 Å². The Morgan fingerprint density at radius 2 is 1.83 bits per heavy atom. The first-order chi connectivity index (χ1) is 5.88. The highest BCUT2D eigenvalue weighted by Gasteiger charge is 2.02. The normalized spacial score (nSPS) is 10.1. The minimum atomic E-state index is 0.891. The molecule has 0 aliphatic heterocycles. The minimum absolute atomic E-state index is 0.891. The van der Waals surface area contributed by atoms with E-state index < -0.39 is 0 Å². The average molecular weight is 223 g/mol. The molecule has 1 aromatic carbocycles. The van der Waals surface area contributed by atoms with E-state index in [1.54, 1.807) is 6.26 Å². The summed E-state index contributed by atoms with van der Waals surface area (Å²) in [6.45, 7) is 0. The van der Waals surface area contributed by atoms with Crippen LogP contribution in [-0.2, 0) is 0 Å². The largest absolute Gasteiger partial charge is 0.464 e. The van der Waals surface area contributed by atoms with Crippen LogP contribution in [0.25, 0.3) is 11.3 Å². The predicted octanol–water partition coefficient (Wildman–Crippen LogP) is 3.71. The highest BCUT2D eigenvalue weighted by molar-refractivity contribution is 9.10. The van der Waals surface area contributed by atoms with Gasteiger partial charge in [-0.3, -0.25) is 0 Å². The molecule has 0 saturated carbocycles. The lowest BCUT2D eigenvalue weighted by Gasteiger charge is -1.98. The summed E-state index contributed by atoms with van der Waals surface area (Å²) >= 11 is 3.46. The highest BCUT2D eigenvalue weighted by atomic mass is 79.9. The first kappa shape index (κ1) is 7.62. The van der Waals surface area contributed by atoms with E-state index in [0.717, 1.165) is 15.8 Å². The summed E-state index contributed by atoms with van der Waals surface area (Å²) in [5.41, 5.74) is 1.09. The molecule has 0 atom stereocenters. The van der Waals surface area contributed by atoms with Gasteiger partial charge in [-0.2, -0.15) is 0 Å². The van der Waals surface area contributed by atoms with Crippen molar-refractivity contribution in [1.29, 1.82) is 0 Å². The molecular formula is C10H7BrO. The standard InChI is InChI=1S/C10H7BrO/c11-9-5-2-1-4-8(9)10-6-3-7-12-10/h1-7H. The second-order valence-electron chi connectivity index (χ2n) is 2.46. The van der Waals surface area contributed by atoms with Gasteiger partial charge in [0.15, 0.2) is 0 Å². The molecule has 1 heterocycles. The molecule has 2 heteroatoms. The van der Waals surface area contributed by atoms with Crippen LogP contribution in [0.1, 0.15) is 0 Å². The maximum absolute atomic E-state index is 5.27. The van der Waals surface area contributed by atoms with Crippen molar-refractivity contribution in [3.63, 3.8) is 0 Å². The molecular weight excluding hydrogens is 216 g/mol. The third-order valence-electron chi connectivity index (χ3n) is 1.66. The third kappa shape index (κ3) is 1.30. The van der Waals surface area contributed by atoms with Crippen molar-refractivity contribution in [3.05, 3.63) is 47.1 Å². The Morgan fingerprint density at radius 3 is 2.50 bits per heavy atom. The van der Waals surface area contributed by atoms with Crippen molar-refractivity contribution in [3.8, 4) is 11.3 Å². The Balaban J connectivity index is 2.55. The lowest BCUT2D eigenvalue weighted by atomic mass is 10.2. The van der Waals surface area contributed by atoms with Crippen LogP contribution in [0.3, 0.4) is 0 Å². The smallest absolute Gasteiger partial charge is 0.134 e. The van der Waals surface area contributed by atoms with Gasteiger partial charge < -0.3 is 4.42 Å². The highest BCUT2D eigenvalue weighted by Crippen LogP contribution is 2.27. The Labute approximate surface area is 79.2 Å². The fourth-order valence-electron chi connectivity index (χ4n) is 1.09. The predicted molar refractivity (Wildman–Crippen MR) is 51.8 cm³/mol. The van der Waals surface area contributed by atoms with Crippen LogP contribution < -0.4 is 0 Å². The summed E-state index contributed by atoms with van der Waals surface area (Å²) in [5, 5.41) is 0. The first-order valence-electron chi connectivity index (χ1n) is 3.66. The van der Waals surface area contributed by atoms with Gasteiger partial charge in [0, 0.05) is 10.0 Å². The molecule has 0 N–H and O–H groups in total. The maximum atomic E-state index is 5.27. The third-order valence-corrected chi connectivity index (χ3v) is 2.35. The van der Waals surface area contributed by atoms with Gasteiger partial charge in [-0.1, -0.05) is 34.1 Å². The van der Waals surface area contributed by atoms with E-state index in [1.807, 2.05) is 36.4 Å². The van der Waals surface area contributed by atoms with Crippen LogP contribution in [0.4, 0.5) is 0 Å². The van der Waals surface area contributed by atoms with Crippen molar-refractivity contribution >= 4 is 15.9 Å². The lowest BCUT2D eigenvalue weighted by molar-refractivity contribution is 0.582. The van der Waals surface area contributed by atoms with Gasteiger partial charge in [0.25, 0.3) is 0 Å². The number of rotatable bonds is 1. The molecule has 0 aliphatic rings. The average Bonchev–Trinajstić information content (AvgIpc) is 2.57. The molecule has 2 aromatic rings. The minimum Gasteiger partial charge on any atom is -0.464 e. The van der Waals surface area contributed by atoms with Crippen molar-refractivity contribution in [2.24, 2.45) is 0 Å². The molecule has 0 saturated heterocycles. The molecule has 1 aromatic heterocycles. The van der Waals surface area contributed by atoms with Crippen LogP contribution in [-0.4, -0.2) is 0 Å². The van der Waals surface area contributed by atoms with Crippen molar-refractivity contribution in [2.75, 3.05) is 0 Å². The molecule has 0 bridgehead atoms. The number of hydrogen-bond donors (Lipinski definition) is 0. The fourth-order valence-corrected chi connectivity index (χ4v) is 1.57. The van der Waals surface area contributed by atoms with Crippen molar-refractivity contribution < 1.29 is 4.42 Å². The van der Waals surface area contributed by atoms with Crippen LogP contribution >= 0.6 is 15.9 Å². The van der Waals surface area contributed by atoms with Gasteiger partial charge in [-0.25, -0.2) is 0 Å². The van der Waals surface area contributed by atoms with Crippen LogP contribution in [0.15, 0.2) is 51.6 Å². The Hall–Kier alpha value is -1.02. The molecule has 0 fully saturated rings. The maximum Gasteiger partial charge on any atom is 0.134 e. The summed E-state index contributed by atoms with van der Waals surface area (Å²) in [4.78, 5) is 0. The lowest BCUT2D eigenvalue weighted by Crippen LogP contribution is -1.73. The quantitative estimate of drug-likeness (QED) is 0.718. The molecule has 0 aliphatic carbocycles. The molecule has 2 rings (SSSR count). The van der Waals surface area contributed by atoms with E-state index in [4.69, 9.17) is 4.42 Å². The second-order valence-corrected chi connectivity index (χ2v) is 3.31. The summed E-state index contributed by atoms with van der Waals surface area (Å²) < 4.78 is 6.33. The van der Waals surface area contributed by atoms with Crippen LogP contribution in [0.5, 0.6) is 0 Å². The van der Waals surface area contributed by atoms with Crippen molar-refractivity contribution in [1.82, 2.24) is 0 Å². The zero-order chi connectivity index (χ0) is 8.39. The molecule has 0 unspecified atom stereocenters. The monoisotopic (exact) mass is 222 g/mol. The number of halogens is 1. The Bertz CT molecular complexity index is 365. The zero-order valence-electron chi connectivity index (χ0n) is 6.33. The fraction of sp³-hybridized carbons (Fsp3) is 0. The Kier molecular flexibility index (Phi) is 2.00. The molecule has 0 radical (unpaired) electrons. The van der Waals surface area contributed by atoms with Gasteiger partial charge in [0.2, 0.25) is 0 Å². The van der Waals surface area contributed by atoms with Gasteiger partial charge in [0.1, 0.15) is 5.76 Å². The van der Waals surface area contributed by atoms with E-state index in [1.165, 1.54) is 0 Å². The molecule has 12 heavy (non-hydrogen) atoms. The summed E-state index contributed by atoms with van der Waals surface area (Å²) in [5.74, 6) is 0.891. The van der Waals surface area contributed by atoms with Gasteiger partial charge in [-0.05, 0) is 18.2 Å². The van der Waals surface area contributed by atoms with Gasteiger partial charge in [0.05, 0.1) is 6.26 Å². The molecule has 0 spiro atoms. The molecule has 0 amide bonds. The van der Waals surface area contributed by atoms with E-state index in [2.05, 4.69) is 15.9 Å². The van der Waals surface area contributed by atoms with E-state index in [9.17, 15) is 0 Å². The zero-order valence-corrected chi connectivity index (χ0v) is 7.91. The number of hydrogen-bond acceptors (Lipinski definition) is 1. The number of benzene rings is 1. The van der Waals surface area contributed by atoms with Crippen molar-refractivity contribution in [2.45, 2.75) is 0 Å². The SMILES string of the molecule is Brc1ccccc1-c1ccco1. The summed E-state index contributed by atoms with van der Waals surface area (Å²) in [6.07, 6.45) is 1.68. The van der Waals surface area contributed by atoms with E-state index in [0.29, 0.717) is 0 Å². The second kappa shape index (κ2) is 3.15. The summed E-state index contributed by atoms with van der Waals surface area (Å²) in [6, 6.07) is 11.8. The summed E-state index contributed by atoms with van der Waals surface area (Å²) in [7, 11) is 0. The molecule has 1 nitrogen and oxygen atoms in total. The Morgan fingerprint density at radius 1 is 1.00 bits per heavy atom. The number of furan rings is 1. The topological polar surface area (TPSA) is 13.1 Å². The van der Waals surface area contributed by atoms with Crippen LogP contribution in [0, 0.1) is 0 Å². The van der Waals surface area contributed by atoms with E-state index >= 15 is 0 Å². The van der Waals surface area contributed by atoms with Gasteiger partial charge >= 0.3 is 0 Å². The molecule has 60 valence electrons. The first-order valence-corrected chi connectivity index (χ1v) is 4.45. The van der Waals surface area contributed by atoms with E-state index in [-0.39, 0.29) is 0 Å².